The molecule has 2 rings (SSSR count). The van der Waals surface area contributed by atoms with Crippen LogP contribution in [0.3, 0.4) is 0 Å². The van der Waals surface area contributed by atoms with Crippen molar-refractivity contribution in [1.29, 1.82) is 0 Å². The number of rotatable bonds is 3. The largest absolute Gasteiger partial charge is 0.366 e. The molecule has 0 aliphatic heterocycles. The molecule has 0 saturated carbocycles. The van der Waals surface area contributed by atoms with Gasteiger partial charge in [-0.05, 0) is 19.1 Å². The van der Waals surface area contributed by atoms with E-state index in [2.05, 4.69) is 4.98 Å². The van der Waals surface area contributed by atoms with Gasteiger partial charge in [0.25, 0.3) is 0 Å². The van der Waals surface area contributed by atoms with Crippen molar-refractivity contribution < 1.29 is 4.79 Å². The summed E-state index contributed by atoms with van der Waals surface area (Å²) in [6.45, 7) is 2.30. The summed E-state index contributed by atoms with van der Waals surface area (Å²) in [5.74, 6) is 0.281. The van der Waals surface area contributed by atoms with Crippen LogP contribution < -0.4 is 5.73 Å². The Hall–Kier alpha value is -1.52. The van der Waals surface area contributed by atoms with E-state index in [4.69, 9.17) is 28.9 Å². The predicted molar refractivity (Wildman–Crippen MR) is 71.0 cm³/mol. The number of carbonyl (C=O) groups is 1. The van der Waals surface area contributed by atoms with Crippen LogP contribution in [0.15, 0.2) is 24.5 Å². The van der Waals surface area contributed by atoms with Gasteiger partial charge in [0.1, 0.15) is 5.82 Å². The molecule has 1 heterocycles. The molecule has 0 saturated heterocycles. The second kappa shape index (κ2) is 5.00. The topological polar surface area (TPSA) is 60.9 Å². The van der Waals surface area contributed by atoms with E-state index in [-0.39, 0.29) is 0 Å². The molecule has 0 radical (unpaired) electrons. The number of imidazole rings is 1. The molecular formula is C12H11Cl2N3O. The summed E-state index contributed by atoms with van der Waals surface area (Å²) >= 11 is 12.0. The molecule has 0 unspecified atom stereocenters. The molecule has 1 amide bonds. The quantitative estimate of drug-likeness (QED) is 0.941. The summed E-state index contributed by atoms with van der Waals surface area (Å²) in [6, 6.07) is 3.12. The van der Waals surface area contributed by atoms with Crippen molar-refractivity contribution in [3.8, 4) is 0 Å². The highest BCUT2D eigenvalue weighted by atomic mass is 35.5. The van der Waals surface area contributed by atoms with Crippen molar-refractivity contribution in [1.82, 2.24) is 9.55 Å². The van der Waals surface area contributed by atoms with Crippen LogP contribution in [0.1, 0.15) is 21.7 Å². The SMILES string of the molecule is Cc1nccn1Cc1c(Cl)cc(Cl)cc1C(N)=O. The van der Waals surface area contributed by atoms with Crippen molar-refractivity contribution in [2.45, 2.75) is 13.5 Å². The van der Waals surface area contributed by atoms with Crippen molar-refractivity contribution in [2.75, 3.05) is 0 Å². The van der Waals surface area contributed by atoms with Crippen LogP contribution in [0.25, 0.3) is 0 Å². The zero-order chi connectivity index (χ0) is 13.3. The van der Waals surface area contributed by atoms with E-state index >= 15 is 0 Å². The van der Waals surface area contributed by atoms with E-state index in [1.54, 1.807) is 12.3 Å². The molecule has 0 aliphatic rings. The third-order valence-electron chi connectivity index (χ3n) is 2.68. The maximum atomic E-state index is 11.4. The molecule has 6 heteroatoms. The van der Waals surface area contributed by atoms with Crippen LogP contribution >= 0.6 is 23.2 Å². The van der Waals surface area contributed by atoms with Crippen molar-refractivity contribution in [3.05, 3.63) is 51.5 Å². The molecule has 0 spiro atoms. The van der Waals surface area contributed by atoms with E-state index in [0.717, 1.165) is 5.82 Å². The number of hydrogen-bond donors (Lipinski definition) is 1. The zero-order valence-electron chi connectivity index (χ0n) is 9.65. The number of halogens is 2. The van der Waals surface area contributed by atoms with E-state index in [0.29, 0.717) is 27.7 Å². The summed E-state index contributed by atoms with van der Waals surface area (Å²) in [4.78, 5) is 15.5. The van der Waals surface area contributed by atoms with Gasteiger partial charge in [0.2, 0.25) is 5.91 Å². The Morgan fingerprint density at radius 2 is 2.17 bits per heavy atom. The molecule has 0 fully saturated rings. The van der Waals surface area contributed by atoms with Crippen LogP contribution in [-0.4, -0.2) is 15.5 Å². The normalized spacial score (nSPS) is 10.6. The minimum Gasteiger partial charge on any atom is -0.366 e. The molecule has 4 nitrogen and oxygen atoms in total. The summed E-state index contributed by atoms with van der Waals surface area (Å²) in [5.41, 5.74) is 6.32. The molecule has 0 bridgehead atoms. The van der Waals surface area contributed by atoms with Gasteiger partial charge in [0.05, 0.1) is 6.54 Å². The first-order chi connectivity index (χ1) is 8.49. The van der Waals surface area contributed by atoms with E-state index < -0.39 is 5.91 Å². The Kier molecular flexibility index (Phi) is 3.59. The van der Waals surface area contributed by atoms with Crippen molar-refractivity contribution in [2.24, 2.45) is 5.73 Å². The fraction of sp³-hybridized carbons (Fsp3) is 0.167. The molecule has 94 valence electrons. The second-order valence-corrected chi connectivity index (χ2v) is 4.72. The number of nitrogens with zero attached hydrogens (tertiary/aromatic N) is 2. The fourth-order valence-corrected chi connectivity index (χ4v) is 2.28. The predicted octanol–water partition coefficient (Wildman–Crippen LogP) is 2.65. The fourth-order valence-electron chi connectivity index (χ4n) is 1.73. The molecule has 1 aromatic heterocycles. The number of aryl methyl sites for hydroxylation is 1. The van der Waals surface area contributed by atoms with Crippen LogP contribution in [0.2, 0.25) is 10.0 Å². The first-order valence-corrected chi connectivity index (χ1v) is 6.00. The molecule has 0 atom stereocenters. The van der Waals surface area contributed by atoms with Gasteiger partial charge in [0, 0.05) is 33.6 Å². The Morgan fingerprint density at radius 1 is 1.44 bits per heavy atom. The number of nitrogens with two attached hydrogens (primary N) is 1. The van der Waals surface area contributed by atoms with Crippen molar-refractivity contribution in [3.63, 3.8) is 0 Å². The number of hydrogen-bond acceptors (Lipinski definition) is 2. The Bertz CT molecular complexity index is 607. The van der Waals surface area contributed by atoms with Crippen LogP contribution in [0.4, 0.5) is 0 Å². The van der Waals surface area contributed by atoms with Gasteiger partial charge in [-0.15, -0.1) is 0 Å². The second-order valence-electron chi connectivity index (χ2n) is 3.88. The molecular weight excluding hydrogens is 273 g/mol. The lowest BCUT2D eigenvalue weighted by Crippen LogP contribution is -2.16. The zero-order valence-corrected chi connectivity index (χ0v) is 11.2. The Labute approximate surface area is 114 Å². The summed E-state index contributed by atoms with van der Waals surface area (Å²) in [6.07, 6.45) is 3.49. The summed E-state index contributed by atoms with van der Waals surface area (Å²) in [7, 11) is 0. The van der Waals surface area contributed by atoms with Gasteiger partial charge < -0.3 is 10.3 Å². The van der Waals surface area contributed by atoms with Crippen LogP contribution in [0, 0.1) is 6.92 Å². The monoisotopic (exact) mass is 283 g/mol. The average Bonchev–Trinajstić information content (AvgIpc) is 2.67. The Balaban J connectivity index is 2.50. The number of amides is 1. The third kappa shape index (κ3) is 2.49. The minimum absolute atomic E-state index is 0.334. The highest BCUT2D eigenvalue weighted by Gasteiger charge is 2.14. The first kappa shape index (κ1) is 12.9. The molecule has 1 aromatic carbocycles. The van der Waals surface area contributed by atoms with Gasteiger partial charge in [0.15, 0.2) is 0 Å². The molecule has 0 aliphatic carbocycles. The maximum Gasteiger partial charge on any atom is 0.249 e. The van der Waals surface area contributed by atoms with E-state index in [1.165, 1.54) is 6.07 Å². The lowest BCUT2D eigenvalue weighted by molar-refractivity contribution is 0.0999. The molecule has 2 aromatic rings. The van der Waals surface area contributed by atoms with Crippen LogP contribution in [-0.2, 0) is 6.54 Å². The number of primary amides is 1. The van der Waals surface area contributed by atoms with E-state index in [1.807, 2.05) is 17.7 Å². The average molecular weight is 284 g/mol. The van der Waals surface area contributed by atoms with Gasteiger partial charge >= 0.3 is 0 Å². The van der Waals surface area contributed by atoms with Gasteiger partial charge in [-0.3, -0.25) is 4.79 Å². The minimum atomic E-state index is -0.549. The smallest absolute Gasteiger partial charge is 0.249 e. The first-order valence-electron chi connectivity index (χ1n) is 5.24. The number of aromatic nitrogens is 2. The van der Waals surface area contributed by atoms with E-state index in [9.17, 15) is 4.79 Å². The third-order valence-corrected chi connectivity index (χ3v) is 3.23. The Morgan fingerprint density at radius 3 is 2.72 bits per heavy atom. The summed E-state index contributed by atoms with van der Waals surface area (Å²) < 4.78 is 1.88. The highest BCUT2D eigenvalue weighted by Crippen LogP contribution is 2.26. The van der Waals surface area contributed by atoms with Gasteiger partial charge in [-0.25, -0.2) is 4.98 Å². The highest BCUT2D eigenvalue weighted by molar-refractivity contribution is 6.35. The molecule has 2 N–H and O–H groups in total. The summed E-state index contributed by atoms with van der Waals surface area (Å²) in [5, 5.41) is 0.810. The molecule has 18 heavy (non-hydrogen) atoms. The number of benzene rings is 1. The number of carbonyl (C=O) groups excluding carboxylic acids is 1. The lowest BCUT2D eigenvalue weighted by Gasteiger charge is -2.11. The van der Waals surface area contributed by atoms with Crippen molar-refractivity contribution >= 4 is 29.1 Å². The van der Waals surface area contributed by atoms with Gasteiger partial charge in [-0.2, -0.15) is 0 Å². The standard InChI is InChI=1S/C12H11Cl2N3O/c1-7-16-2-3-17(7)6-10-9(12(15)18)4-8(13)5-11(10)14/h2-5H,6H2,1H3,(H2,15,18). The maximum absolute atomic E-state index is 11.4. The van der Waals surface area contributed by atoms with Crippen LogP contribution in [0.5, 0.6) is 0 Å². The van der Waals surface area contributed by atoms with Gasteiger partial charge in [-0.1, -0.05) is 23.2 Å². The lowest BCUT2D eigenvalue weighted by atomic mass is 10.1.